The molecule has 4 nitrogen and oxygen atoms in total. The van der Waals surface area contributed by atoms with E-state index in [1.54, 1.807) is 0 Å². The van der Waals surface area contributed by atoms with Gasteiger partial charge in [-0.2, -0.15) is 0 Å². The van der Waals surface area contributed by atoms with Crippen LogP contribution in [0.5, 0.6) is 0 Å². The molecule has 0 saturated carbocycles. The van der Waals surface area contributed by atoms with E-state index in [4.69, 9.17) is 13.6 Å². The molecule has 0 aliphatic carbocycles. The molecular formula is C10H17Br4O4P. The van der Waals surface area contributed by atoms with Crippen molar-refractivity contribution in [1.29, 1.82) is 0 Å². The Hall–Kier alpha value is 2.19. The Balaban J connectivity index is 2.41. The van der Waals surface area contributed by atoms with Crippen LogP contribution >= 0.6 is 72.3 Å². The number of halogens is 4. The lowest BCUT2D eigenvalue weighted by molar-refractivity contribution is 0.0184. The number of aliphatic hydroxyl groups excluding tert-OH is 1. The third kappa shape index (κ3) is 5.39. The van der Waals surface area contributed by atoms with Gasteiger partial charge in [-0.3, -0.25) is 0 Å². The van der Waals surface area contributed by atoms with Gasteiger partial charge in [-0.05, 0) is 0 Å². The van der Waals surface area contributed by atoms with Gasteiger partial charge >= 0.3 is 8.60 Å². The summed E-state index contributed by atoms with van der Waals surface area (Å²) in [7, 11) is -1.32. The summed E-state index contributed by atoms with van der Waals surface area (Å²) in [6, 6.07) is 0. The first-order valence-corrected chi connectivity index (χ1v) is 11.2. The van der Waals surface area contributed by atoms with Crippen LogP contribution < -0.4 is 0 Å². The summed E-state index contributed by atoms with van der Waals surface area (Å²) < 4.78 is 17.0. The second-order valence-electron chi connectivity index (χ2n) is 4.74. The largest absolute Gasteiger partial charge is 0.396 e. The lowest BCUT2D eigenvalue weighted by atomic mass is 9.96. The zero-order valence-electron chi connectivity index (χ0n) is 10.3. The zero-order chi connectivity index (χ0) is 14.4. The highest BCUT2D eigenvalue weighted by molar-refractivity contribution is 9.10. The van der Waals surface area contributed by atoms with Gasteiger partial charge in [0.1, 0.15) is 0 Å². The van der Waals surface area contributed by atoms with Gasteiger partial charge in [0, 0.05) is 32.2 Å². The van der Waals surface area contributed by atoms with Crippen LogP contribution in [0.15, 0.2) is 0 Å². The topological polar surface area (TPSA) is 47.9 Å². The minimum atomic E-state index is -1.32. The molecule has 0 bridgehead atoms. The van der Waals surface area contributed by atoms with E-state index in [0.717, 1.165) is 10.7 Å². The maximum atomic E-state index is 9.44. The lowest BCUT2D eigenvalue weighted by Gasteiger charge is -2.37. The summed E-state index contributed by atoms with van der Waals surface area (Å²) in [5.74, 6) is 0. The summed E-state index contributed by atoms with van der Waals surface area (Å²) in [6.45, 7) is 1.63. The second kappa shape index (κ2) is 9.36. The molecule has 1 fully saturated rings. The molecule has 9 heteroatoms. The van der Waals surface area contributed by atoms with Gasteiger partial charge in [-0.15, -0.1) is 0 Å². The van der Waals surface area contributed by atoms with Crippen LogP contribution in [-0.4, -0.2) is 52.9 Å². The maximum Gasteiger partial charge on any atom is 0.332 e. The Morgan fingerprint density at radius 2 is 1.63 bits per heavy atom. The van der Waals surface area contributed by atoms with E-state index in [0.29, 0.717) is 30.5 Å². The molecular weight excluding hydrogens is 535 g/mol. The van der Waals surface area contributed by atoms with Crippen molar-refractivity contribution in [1.82, 2.24) is 0 Å². The average Bonchev–Trinajstić information content (AvgIpc) is 2.50. The predicted octanol–water partition coefficient (Wildman–Crippen LogP) is 3.82. The highest BCUT2D eigenvalue weighted by Crippen LogP contribution is 2.49. The quantitative estimate of drug-likeness (QED) is 0.368. The summed E-state index contributed by atoms with van der Waals surface area (Å²) in [4.78, 5) is 0. The van der Waals surface area contributed by atoms with Gasteiger partial charge in [-0.1, -0.05) is 63.7 Å². The molecule has 1 N–H and O–H groups in total. The molecule has 0 amide bonds. The highest BCUT2D eigenvalue weighted by Gasteiger charge is 2.38. The van der Waals surface area contributed by atoms with Crippen molar-refractivity contribution in [2.24, 2.45) is 10.8 Å². The summed E-state index contributed by atoms with van der Waals surface area (Å²) in [6.07, 6.45) is 0. The van der Waals surface area contributed by atoms with E-state index in [1.165, 1.54) is 0 Å². The van der Waals surface area contributed by atoms with E-state index in [-0.39, 0.29) is 17.4 Å². The lowest BCUT2D eigenvalue weighted by Crippen LogP contribution is -2.39. The first-order valence-electron chi connectivity index (χ1n) is 5.63. The third-order valence-electron chi connectivity index (χ3n) is 2.90. The fraction of sp³-hybridized carbons (Fsp3) is 1.00. The van der Waals surface area contributed by atoms with Crippen LogP contribution in [0, 0.1) is 10.8 Å². The standard InChI is InChI=1S/C10H17Br4O4P/c11-1-9(2-12,5-15)6-16-19-17-7-10(3-13,4-14)8-18-19/h15H,1-8H2. The molecule has 1 heterocycles. The number of alkyl halides is 4. The van der Waals surface area contributed by atoms with Gasteiger partial charge < -0.3 is 18.7 Å². The number of hydrogen-bond acceptors (Lipinski definition) is 4. The molecule has 0 radical (unpaired) electrons. The van der Waals surface area contributed by atoms with Gasteiger partial charge in [0.25, 0.3) is 0 Å². The van der Waals surface area contributed by atoms with Gasteiger partial charge in [-0.25, -0.2) is 0 Å². The Labute approximate surface area is 148 Å². The smallest absolute Gasteiger partial charge is 0.332 e. The Kier molecular flexibility index (Phi) is 9.47. The number of rotatable bonds is 8. The van der Waals surface area contributed by atoms with Crippen LogP contribution in [0.2, 0.25) is 0 Å². The van der Waals surface area contributed by atoms with E-state index < -0.39 is 8.60 Å². The van der Waals surface area contributed by atoms with Crippen LogP contribution in [0.1, 0.15) is 0 Å². The van der Waals surface area contributed by atoms with Crippen molar-refractivity contribution in [3.05, 3.63) is 0 Å². The molecule has 0 aromatic carbocycles. The molecule has 0 spiro atoms. The van der Waals surface area contributed by atoms with Crippen molar-refractivity contribution >= 4 is 72.3 Å². The first-order chi connectivity index (χ1) is 9.09. The van der Waals surface area contributed by atoms with Crippen LogP contribution in [0.4, 0.5) is 0 Å². The molecule has 1 saturated heterocycles. The number of hydrogen-bond donors (Lipinski definition) is 1. The van der Waals surface area contributed by atoms with Crippen molar-refractivity contribution in [2.45, 2.75) is 0 Å². The minimum Gasteiger partial charge on any atom is -0.396 e. The summed E-state index contributed by atoms with van der Waals surface area (Å²) in [5.41, 5.74) is -0.366. The Morgan fingerprint density at radius 1 is 1.11 bits per heavy atom. The fourth-order valence-corrected chi connectivity index (χ4v) is 5.70. The maximum absolute atomic E-state index is 9.44. The molecule has 0 atom stereocenters. The van der Waals surface area contributed by atoms with E-state index in [9.17, 15) is 5.11 Å². The fourth-order valence-electron chi connectivity index (χ4n) is 1.16. The van der Waals surface area contributed by atoms with E-state index in [1.807, 2.05) is 0 Å². The molecule has 0 unspecified atom stereocenters. The molecule has 114 valence electrons. The normalized spacial score (nSPS) is 20.7. The molecule has 1 rings (SSSR count). The molecule has 0 aromatic heterocycles. The molecule has 1 aliphatic heterocycles. The summed E-state index contributed by atoms with van der Waals surface area (Å²) in [5, 5.41) is 12.4. The molecule has 19 heavy (non-hydrogen) atoms. The van der Waals surface area contributed by atoms with Crippen molar-refractivity contribution in [3.63, 3.8) is 0 Å². The number of aliphatic hydroxyl groups is 1. The Bertz CT molecular complexity index is 246. The molecule has 1 aliphatic rings. The van der Waals surface area contributed by atoms with Gasteiger partial charge in [0.05, 0.1) is 26.4 Å². The first kappa shape index (κ1) is 19.2. The molecule has 0 aromatic rings. The highest BCUT2D eigenvalue weighted by atomic mass is 79.9. The van der Waals surface area contributed by atoms with Gasteiger partial charge in [0.2, 0.25) is 0 Å². The van der Waals surface area contributed by atoms with Crippen molar-refractivity contribution < 1.29 is 18.7 Å². The second-order valence-corrected chi connectivity index (χ2v) is 8.20. The Morgan fingerprint density at radius 3 is 2.00 bits per heavy atom. The van der Waals surface area contributed by atoms with Gasteiger partial charge in [0.15, 0.2) is 0 Å². The predicted molar refractivity (Wildman–Crippen MR) is 91.9 cm³/mol. The van der Waals surface area contributed by atoms with Crippen molar-refractivity contribution in [3.8, 4) is 0 Å². The van der Waals surface area contributed by atoms with Crippen LogP contribution in [0.25, 0.3) is 0 Å². The van der Waals surface area contributed by atoms with E-state index in [2.05, 4.69) is 63.7 Å². The summed E-state index contributed by atoms with van der Waals surface area (Å²) >= 11 is 13.8. The SMILES string of the molecule is OCC(CBr)(CBr)COP1OCC(CBr)(CBr)CO1. The van der Waals surface area contributed by atoms with Crippen LogP contribution in [0.3, 0.4) is 0 Å². The third-order valence-corrected chi connectivity index (χ3v) is 8.68. The van der Waals surface area contributed by atoms with Crippen molar-refractivity contribution in [2.75, 3.05) is 47.7 Å². The van der Waals surface area contributed by atoms with E-state index >= 15 is 0 Å². The monoisotopic (exact) mass is 548 g/mol. The van der Waals surface area contributed by atoms with Crippen LogP contribution in [-0.2, 0) is 13.6 Å². The zero-order valence-corrected chi connectivity index (χ0v) is 17.5. The minimum absolute atomic E-state index is 0.0267. The average molecular weight is 552 g/mol.